The molecule has 7 nitrogen and oxygen atoms in total. The van der Waals surface area contributed by atoms with Gasteiger partial charge in [0.15, 0.2) is 0 Å². The molecule has 0 aromatic heterocycles. The summed E-state index contributed by atoms with van der Waals surface area (Å²) in [6, 6.07) is 2.30. The zero-order valence-electron chi connectivity index (χ0n) is 12.0. The maximum absolute atomic E-state index is 11.8. The maximum Gasteiger partial charge on any atom is 0.336 e. The Hall–Kier alpha value is -2.44. The van der Waals surface area contributed by atoms with Gasteiger partial charge in [-0.15, -0.1) is 0 Å². The summed E-state index contributed by atoms with van der Waals surface area (Å²) in [6.07, 6.45) is 2.01. The highest BCUT2D eigenvalue weighted by atomic mass is 16.6. The van der Waals surface area contributed by atoms with E-state index in [4.69, 9.17) is 5.11 Å². The Morgan fingerprint density at radius 2 is 2.00 bits per heavy atom. The first-order chi connectivity index (χ1) is 9.92. The number of carboxylic acid groups (broad SMARTS) is 1. The second-order valence-electron chi connectivity index (χ2n) is 4.55. The maximum atomic E-state index is 11.8. The summed E-state index contributed by atoms with van der Waals surface area (Å²) >= 11 is 0. The van der Waals surface area contributed by atoms with Crippen LogP contribution in [0.1, 0.15) is 49.0 Å². The van der Waals surface area contributed by atoms with Gasteiger partial charge in [-0.25, -0.2) is 4.79 Å². The number of carbonyl (C=O) groups excluding carboxylic acids is 1. The van der Waals surface area contributed by atoms with Crippen molar-refractivity contribution < 1.29 is 19.6 Å². The molecule has 0 bridgehead atoms. The zero-order valence-corrected chi connectivity index (χ0v) is 12.0. The largest absolute Gasteiger partial charge is 0.478 e. The molecule has 0 aliphatic heterocycles. The summed E-state index contributed by atoms with van der Waals surface area (Å²) in [5, 5.41) is 22.7. The third-order valence-corrected chi connectivity index (χ3v) is 3.09. The van der Waals surface area contributed by atoms with Crippen LogP contribution in [0.3, 0.4) is 0 Å². The summed E-state index contributed by atoms with van der Waals surface area (Å²) in [4.78, 5) is 33.5. The van der Waals surface area contributed by atoms with Gasteiger partial charge in [0.1, 0.15) is 5.69 Å². The van der Waals surface area contributed by atoms with Crippen molar-refractivity contribution in [3.8, 4) is 0 Å². The van der Waals surface area contributed by atoms with Crippen LogP contribution in [0.5, 0.6) is 0 Å². The van der Waals surface area contributed by atoms with Gasteiger partial charge >= 0.3 is 5.97 Å². The van der Waals surface area contributed by atoms with Crippen molar-refractivity contribution in [3.63, 3.8) is 0 Å². The smallest absolute Gasteiger partial charge is 0.336 e. The first-order valence-corrected chi connectivity index (χ1v) is 6.75. The number of nitro groups is 1. The quantitative estimate of drug-likeness (QED) is 0.593. The summed E-state index contributed by atoms with van der Waals surface area (Å²) in [5.74, 6) is -1.53. The van der Waals surface area contributed by atoms with E-state index >= 15 is 0 Å². The Morgan fingerprint density at radius 1 is 1.33 bits per heavy atom. The Morgan fingerprint density at radius 3 is 2.48 bits per heavy atom. The Balaban J connectivity index is 3.29. The molecule has 1 rings (SSSR count). The van der Waals surface area contributed by atoms with Gasteiger partial charge in [-0.3, -0.25) is 14.9 Å². The fourth-order valence-corrected chi connectivity index (χ4v) is 2.03. The molecule has 0 atom stereocenters. The highest BCUT2D eigenvalue weighted by Gasteiger charge is 2.23. The number of aromatic carboxylic acids is 1. The summed E-state index contributed by atoms with van der Waals surface area (Å²) in [7, 11) is 0. The van der Waals surface area contributed by atoms with E-state index in [9.17, 15) is 19.7 Å². The van der Waals surface area contributed by atoms with Crippen molar-refractivity contribution in [1.82, 2.24) is 0 Å². The molecule has 0 spiro atoms. The molecule has 0 saturated carbocycles. The average Bonchev–Trinajstić information content (AvgIpc) is 2.43. The first-order valence-electron chi connectivity index (χ1n) is 6.75. The topological polar surface area (TPSA) is 110 Å². The molecular formula is C14H18N2O5. The van der Waals surface area contributed by atoms with Crippen LogP contribution in [0.2, 0.25) is 0 Å². The number of nitrogens with one attached hydrogen (secondary N) is 1. The highest BCUT2D eigenvalue weighted by molar-refractivity contribution is 5.98. The number of benzene rings is 1. The molecule has 0 radical (unpaired) electrons. The van der Waals surface area contributed by atoms with Crippen molar-refractivity contribution in [2.45, 2.75) is 39.5 Å². The molecule has 0 fully saturated rings. The number of carboxylic acids is 1. The first kappa shape index (κ1) is 16.6. The molecule has 1 amide bonds. The normalized spacial score (nSPS) is 10.2. The fourth-order valence-electron chi connectivity index (χ4n) is 2.03. The number of carbonyl (C=O) groups is 2. The number of unbranched alkanes of at least 4 members (excludes halogenated alkanes) is 1. The molecule has 1 aromatic rings. The predicted molar refractivity (Wildman–Crippen MR) is 77.6 cm³/mol. The Labute approximate surface area is 122 Å². The number of rotatable bonds is 7. The summed E-state index contributed by atoms with van der Waals surface area (Å²) < 4.78 is 0. The van der Waals surface area contributed by atoms with E-state index in [1.807, 2.05) is 6.92 Å². The number of nitrogens with zero attached hydrogens (tertiary/aromatic N) is 1. The van der Waals surface area contributed by atoms with Gasteiger partial charge in [0.2, 0.25) is 5.91 Å². The van der Waals surface area contributed by atoms with Crippen molar-refractivity contribution >= 4 is 23.3 Å². The number of nitro benzene ring substituents is 1. The Kier molecular flexibility index (Phi) is 5.83. The minimum Gasteiger partial charge on any atom is -0.478 e. The van der Waals surface area contributed by atoms with E-state index in [0.29, 0.717) is 6.42 Å². The van der Waals surface area contributed by atoms with Crippen molar-refractivity contribution in [2.75, 3.05) is 5.32 Å². The minimum atomic E-state index is -1.18. The van der Waals surface area contributed by atoms with E-state index in [1.54, 1.807) is 6.92 Å². The molecule has 2 N–H and O–H groups in total. The van der Waals surface area contributed by atoms with Crippen molar-refractivity contribution in [3.05, 3.63) is 33.4 Å². The predicted octanol–water partition coefficient (Wildman–Crippen LogP) is 2.98. The molecule has 0 aliphatic rings. The van der Waals surface area contributed by atoms with Crippen molar-refractivity contribution in [2.24, 2.45) is 0 Å². The lowest BCUT2D eigenvalue weighted by molar-refractivity contribution is -0.384. The van der Waals surface area contributed by atoms with E-state index < -0.39 is 10.9 Å². The van der Waals surface area contributed by atoms with Gasteiger partial charge in [-0.2, -0.15) is 0 Å². The number of amides is 1. The minimum absolute atomic E-state index is 0.0106. The Bertz CT molecular complexity index is 569. The SMILES string of the molecule is CCCCC(=O)Nc1c([N+](=O)[O-])ccc(C(=O)O)c1CC. The van der Waals surface area contributed by atoms with Gasteiger partial charge < -0.3 is 10.4 Å². The summed E-state index contributed by atoms with van der Waals surface area (Å²) in [5.41, 5.74) is -0.0689. The molecule has 0 saturated heterocycles. The zero-order chi connectivity index (χ0) is 16.0. The average molecular weight is 294 g/mol. The van der Waals surface area contributed by atoms with Gasteiger partial charge in [-0.05, 0) is 24.5 Å². The number of hydrogen-bond acceptors (Lipinski definition) is 4. The third-order valence-electron chi connectivity index (χ3n) is 3.09. The monoisotopic (exact) mass is 294 g/mol. The second kappa shape index (κ2) is 7.37. The lowest BCUT2D eigenvalue weighted by Crippen LogP contribution is -2.16. The van der Waals surface area contributed by atoms with Crippen LogP contribution in [0, 0.1) is 10.1 Å². The molecular weight excluding hydrogens is 276 g/mol. The van der Waals surface area contributed by atoms with Crippen LogP contribution in [0.4, 0.5) is 11.4 Å². The number of anilines is 1. The molecule has 114 valence electrons. The van der Waals surface area contributed by atoms with Crippen LogP contribution < -0.4 is 5.32 Å². The van der Waals surface area contributed by atoms with E-state index in [-0.39, 0.29) is 41.3 Å². The number of hydrogen-bond donors (Lipinski definition) is 2. The molecule has 0 unspecified atom stereocenters. The van der Waals surface area contributed by atoms with Gasteiger partial charge in [0.05, 0.1) is 10.5 Å². The van der Waals surface area contributed by atoms with E-state index in [0.717, 1.165) is 12.5 Å². The summed E-state index contributed by atoms with van der Waals surface area (Å²) in [6.45, 7) is 3.62. The third kappa shape index (κ3) is 4.01. The fraction of sp³-hybridized carbons (Fsp3) is 0.429. The van der Waals surface area contributed by atoms with Crippen LogP contribution in [0.25, 0.3) is 0 Å². The molecule has 0 aliphatic carbocycles. The van der Waals surface area contributed by atoms with E-state index in [1.165, 1.54) is 6.07 Å². The van der Waals surface area contributed by atoms with Crippen LogP contribution in [-0.4, -0.2) is 21.9 Å². The van der Waals surface area contributed by atoms with Crippen LogP contribution >= 0.6 is 0 Å². The molecule has 0 heterocycles. The molecule has 1 aromatic carbocycles. The van der Waals surface area contributed by atoms with E-state index in [2.05, 4.69) is 5.32 Å². The molecule has 21 heavy (non-hydrogen) atoms. The standard InChI is InChI=1S/C14H18N2O5/c1-3-5-6-12(17)15-13-9(4-2)10(14(18)19)7-8-11(13)16(20)21/h7-8H,3-6H2,1-2H3,(H,15,17)(H,18,19). The van der Waals surface area contributed by atoms with Gasteiger partial charge in [0, 0.05) is 12.5 Å². The molecule has 7 heteroatoms. The van der Waals surface area contributed by atoms with Gasteiger partial charge in [-0.1, -0.05) is 20.3 Å². The lowest BCUT2D eigenvalue weighted by atomic mass is 10.0. The van der Waals surface area contributed by atoms with Crippen LogP contribution in [-0.2, 0) is 11.2 Å². The van der Waals surface area contributed by atoms with Crippen LogP contribution in [0.15, 0.2) is 12.1 Å². The van der Waals surface area contributed by atoms with Gasteiger partial charge in [0.25, 0.3) is 5.69 Å². The lowest BCUT2D eigenvalue weighted by Gasteiger charge is -2.12. The van der Waals surface area contributed by atoms with Crippen molar-refractivity contribution in [1.29, 1.82) is 0 Å². The highest BCUT2D eigenvalue weighted by Crippen LogP contribution is 2.32. The second-order valence-corrected chi connectivity index (χ2v) is 4.55.